The summed E-state index contributed by atoms with van der Waals surface area (Å²) in [4.78, 5) is 15.6. The smallest absolute Gasteiger partial charge is 0.254 e. The maximum atomic E-state index is 4.76. The maximum Gasteiger partial charge on any atom is 0.254 e. The van der Waals surface area contributed by atoms with Crippen LogP contribution in [0.3, 0.4) is 0 Å². The summed E-state index contributed by atoms with van der Waals surface area (Å²) in [5.74, 6) is 1.30. The van der Waals surface area contributed by atoms with Crippen molar-refractivity contribution in [1.82, 2.24) is 14.8 Å². The van der Waals surface area contributed by atoms with Crippen LogP contribution in [0.2, 0.25) is 0 Å². The predicted molar refractivity (Wildman–Crippen MR) is 100.0 cm³/mol. The van der Waals surface area contributed by atoms with E-state index in [0.717, 1.165) is 28.4 Å². The van der Waals surface area contributed by atoms with E-state index in [4.69, 9.17) is 4.99 Å². The summed E-state index contributed by atoms with van der Waals surface area (Å²) in [6.45, 7) is 0.574. The minimum Gasteiger partial charge on any atom is -0.378 e. The molecule has 1 aliphatic heterocycles. The summed E-state index contributed by atoms with van der Waals surface area (Å²) in [5, 5.41) is 4.26. The van der Waals surface area contributed by atoms with E-state index in [1.54, 1.807) is 4.68 Å². The van der Waals surface area contributed by atoms with Crippen LogP contribution in [0.25, 0.3) is 0 Å². The Morgan fingerprint density at radius 2 is 1.76 bits per heavy atom. The molecule has 0 saturated carbocycles. The van der Waals surface area contributed by atoms with Crippen molar-refractivity contribution in [1.29, 1.82) is 0 Å². The average molecular weight is 330 g/mol. The minimum absolute atomic E-state index is 0.568. The van der Waals surface area contributed by atoms with Gasteiger partial charge in [-0.15, -0.1) is 0 Å². The average Bonchev–Trinajstić information content (AvgIpc) is 3.22. The third-order valence-electron chi connectivity index (χ3n) is 4.07. The third-order valence-corrected chi connectivity index (χ3v) is 4.07. The number of fused-ring (bicyclic) bond motifs is 1. The molecule has 25 heavy (non-hydrogen) atoms. The van der Waals surface area contributed by atoms with Gasteiger partial charge in [0.1, 0.15) is 12.0 Å². The molecule has 2 aromatic carbocycles. The highest BCUT2D eigenvalue weighted by molar-refractivity contribution is 6.50. The summed E-state index contributed by atoms with van der Waals surface area (Å²) in [6.07, 6.45) is 1.50. The van der Waals surface area contributed by atoms with Crippen molar-refractivity contribution >= 4 is 23.2 Å². The highest BCUT2D eigenvalue weighted by Crippen LogP contribution is 2.22. The van der Waals surface area contributed by atoms with Gasteiger partial charge in [0.15, 0.2) is 5.84 Å². The van der Waals surface area contributed by atoms with Gasteiger partial charge >= 0.3 is 0 Å². The lowest BCUT2D eigenvalue weighted by Crippen LogP contribution is -2.20. The van der Waals surface area contributed by atoms with Crippen LogP contribution in [0, 0.1) is 0 Å². The minimum atomic E-state index is 0.568. The molecule has 6 nitrogen and oxygen atoms in total. The van der Waals surface area contributed by atoms with Crippen LogP contribution in [0.15, 0.2) is 70.9 Å². The lowest BCUT2D eigenvalue weighted by molar-refractivity contribution is 0.932. The number of aromatic nitrogens is 3. The Kier molecular flexibility index (Phi) is 3.85. The van der Waals surface area contributed by atoms with Gasteiger partial charge in [0.05, 0.1) is 6.54 Å². The Labute approximate surface area is 146 Å². The summed E-state index contributed by atoms with van der Waals surface area (Å²) in [5.41, 5.74) is 4.09. The molecule has 124 valence electrons. The van der Waals surface area contributed by atoms with Crippen molar-refractivity contribution in [2.24, 2.45) is 9.98 Å². The quantitative estimate of drug-likeness (QED) is 0.739. The molecular weight excluding hydrogens is 312 g/mol. The molecule has 0 unspecified atom stereocenters. The van der Waals surface area contributed by atoms with E-state index >= 15 is 0 Å². The van der Waals surface area contributed by atoms with Gasteiger partial charge < -0.3 is 4.90 Å². The normalized spacial score (nSPS) is 14.5. The molecule has 0 saturated heterocycles. The second-order valence-corrected chi connectivity index (χ2v) is 6.00. The van der Waals surface area contributed by atoms with Crippen LogP contribution < -0.4 is 4.90 Å². The highest BCUT2D eigenvalue weighted by Gasteiger charge is 2.25. The molecule has 1 aliphatic rings. The zero-order chi connectivity index (χ0) is 17.2. The van der Waals surface area contributed by atoms with E-state index < -0.39 is 0 Å². The van der Waals surface area contributed by atoms with E-state index in [2.05, 4.69) is 56.4 Å². The summed E-state index contributed by atoms with van der Waals surface area (Å²) < 4.78 is 1.69. The van der Waals surface area contributed by atoms with Crippen LogP contribution >= 0.6 is 0 Å². The predicted octanol–water partition coefficient (Wildman–Crippen LogP) is 2.93. The van der Waals surface area contributed by atoms with E-state index in [-0.39, 0.29) is 0 Å². The van der Waals surface area contributed by atoms with Crippen molar-refractivity contribution in [3.8, 4) is 0 Å². The number of hydrogen-bond donors (Lipinski definition) is 0. The molecule has 3 aromatic rings. The van der Waals surface area contributed by atoms with Crippen molar-refractivity contribution < 1.29 is 0 Å². The van der Waals surface area contributed by atoms with Crippen LogP contribution in [-0.4, -0.2) is 40.4 Å². The zero-order valence-electron chi connectivity index (χ0n) is 14.2. The summed E-state index contributed by atoms with van der Waals surface area (Å²) in [7, 11) is 4.04. The van der Waals surface area contributed by atoms with Crippen molar-refractivity contribution in [2.45, 2.75) is 6.54 Å². The molecule has 0 spiro atoms. The van der Waals surface area contributed by atoms with E-state index in [1.807, 2.05) is 32.3 Å². The molecule has 2 heterocycles. The standard InChI is InChI=1S/C19H18N6/c1-24(2)16-10-8-15(9-11-16)17-18(25-19(23-17)21-13-22-25)20-12-14-6-4-3-5-7-14/h3-11,13H,12H2,1-2H3. The SMILES string of the molecule is CN(C)c1ccc(C2=Nc3ncnn3C2=NCc2ccccc2)cc1. The fraction of sp³-hybridized carbons (Fsp3) is 0.158. The summed E-state index contributed by atoms with van der Waals surface area (Å²) in [6, 6.07) is 18.4. The molecule has 0 atom stereocenters. The van der Waals surface area contributed by atoms with E-state index in [1.165, 1.54) is 6.33 Å². The molecule has 0 N–H and O–H groups in total. The van der Waals surface area contributed by atoms with Gasteiger partial charge in [-0.2, -0.15) is 14.8 Å². The fourth-order valence-electron chi connectivity index (χ4n) is 2.71. The number of nitrogens with zero attached hydrogens (tertiary/aromatic N) is 6. The lowest BCUT2D eigenvalue weighted by Gasteiger charge is -2.12. The van der Waals surface area contributed by atoms with Gasteiger partial charge in [-0.25, -0.2) is 4.99 Å². The molecule has 4 rings (SSSR count). The molecule has 6 heteroatoms. The first-order chi connectivity index (χ1) is 12.2. The number of aliphatic imine (C=N–C) groups is 2. The second-order valence-electron chi connectivity index (χ2n) is 6.00. The monoisotopic (exact) mass is 330 g/mol. The van der Waals surface area contributed by atoms with Crippen molar-refractivity contribution in [2.75, 3.05) is 19.0 Å². The topological polar surface area (TPSA) is 58.7 Å². The Morgan fingerprint density at radius 3 is 2.48 bits per heavy atom. The molecule has 0 bridgehead atoms. The Hall–Kier alpha value is -3.28. The molecule has 0 aliphatic carbocycles. The number of hydrogen-bond acceptors (Lipinski definition) is 5. The molecule has 0 radical (unpaired) electrons. The fourth-order valence-corrected chi connectivity index (χ4v) is 2.71. The van der Waals surface area contributed by atoms with Crippen LogP contribution in [-0.2, 0) is 6.54 Å². The van der Waals surface area contributed by atoms with E-state index in [0.29, 0.717) is 12.5 Å². The Balaban J connectivity index is 1.69. The third kappa shape index (κ3) is 2.94. The second kappa shape index (κ2) is 6.32. The Bertz CT molecular complexity index is 936. The van der Waals surface area contributed by atoms with E-state index in [9.17, 15) is 0 Å². The molecule has 0 fully saturated rings. The van der Waals surface area contributed by atoms with Gasteiger partial charge in [-0.3, -0.25) is 4.99 Å². The number of anilines is 1. The van der Waals surface area contributed by atoms with Crippen LogP contribution in [0.1, 0.15) is 11.1 Å². The lowest BCUT2D eigenvalue weighted by atomic mass is 10.1. The van der Waals surface area contributed by atoms with Gasteiger partial charge in [0.25, 0.3) is 5.95 Å². The largest absolute Gasteiger partial charge is 0.378 e. The number of rotatable bonds is 4. The molecular formula is C19H18N6. The first kappa shape index (κ1) is 15.3. The first-order valence-electron chi connectivity index (χ1n) is 8.08. The van der Waals surface area contributed by atoms with Crippen molar-refractivity contribution in [3.63, 3.8) is 0 Å². The Morgan fingerprint density at radius 1 is 1.00 bits per heavy atom. The van der Waals surface area contributed by atoms with Gasteiger partial charge in [-0.1, -0.05) is 42.5 Å². The maximum absolute atomic E-state index is 4.76. The van der Waals surface area contributed by atoms with Crippen LogP contribution in [0.4, 0.5) is 11.6 Å². The molecule has 0 amide bonds. The van der Waals surface area contributed by atoms with Gasteiger partial charge in [0.2, 0.25) is 0 Å². The first-order valence-corrected chi connectivity index (χ1v) is 8.08. The zero-order valence-corrected chi connectivity index (χ0v) is 14.2. The van der Waals surface area contributed by atoms with Crippen LogP contribution in [0.5, 0.6) is 0 Å². The number of benzene rings is 2. The molecule has 1 aromatic heterocycles. The van der Waals surface area contributed by atoms with Crippen molar-refractivity contribution in [3.05, 3.63) is 72.1 Å². The van der Waals surface area contributed by atoms with Gasteiger partial charge in [-0.05, 0) is 17.7 Å². The van der Waals surface area contributed by atoms with Gasteiger partial charge in [0, 0.05) is 25.3 Å². The highest BCUT2D eigenvalue weighted by atomic mass is 15.4. The summed E-state index contributed by atoms with van der Waals surface area (Å²) >= 11 is 0.